The normalized spacial score (nSPS) is 10.2. The van der Waals surface area contributed by atoms with Gasteiger partial charge in [0.05, 0.1) is 41.1 Å². The summed E-state index contributed by atoms with van der Waals surface area (Å²) >= 11 is 3.52. The van der Waals surface area contributed by atoms with Gasteiger partial charge in [-0.25, -0.2) is 0 Å². The maximum atomic E-state index is 12.6. The maximum Gasteiger partial charge on any atom is 0.255 e. The van der Waals surface area contributed by atoms with E-state index < -0.39 is 0 Å². The molecular formula is C20H24BrNO6. The number of benzene rings is 2. The number of hydrogen-bond donors (Lipinski definition) is 1. The molecule has 1 amide bonds. The first-order valence-corrected chi connectivity index (χ1v) is 9.27. The minimum Gasteiger partial charge on any atom is -0.493 e. The van der Waals surface area contributed by atoms with Gasteiger partial charge in [-0.1, -0.05) is 15.9 Å². The summed E-state index contributed by atoms with van der Waals surface area (Å²) in [6.07, 6.45) is 0.599. The average molecular weight is 454 g/mol. The Morgan fingerprint density at radius 3 is 2.04 bits per heavy atom. The number of hydrogen-bond acceptors (Lipinski definition) is 6. The molecule has 0 aliphatic carbocycles. The van der Waals surface area contributed by atoms with Gasteiger partial charge in [0.15, 0.2) is 23.0 Å². The molecule has 2 aromatic rings. The molecule has 152 valence electrons. The zero-order valence-corrected chi connectivity index (χ0v) is 18.1. The largest absolute Gasteiger partial charge is 0.493 e. The van der Waals surface area contributed by atoms with Crippen molar-refractivity contribution in [2.24, 2.45) is 0 Å². The van der Waals surface area contributed by atoms with Crippen LogP contribution < -0.4 is 29.0 Å². The molecule has 0 bridgehead atoms. The quantitative estimate of drug-likeness (QED) is 0.626. The van der Waals surface area contributed by atoms with Crippen molar-refractivity contribution in [3.05, 3.63) is 39.9 Å². The van der Waals surface area contributed by atoms with Crippen molar-refractivity contribution in [3.8, 4) is 28.7 Å². The highest BCUT2D eigenvalue weighted by molar-refractivity contribution is 9.10. The van der Waals surface area contributed by atoms with Crippen molar-refractivity contribution in [1.82, 2.24) is 5.32 Å². The highest BCUT2D eigenvalue weighted by Gasteiger charge is 2.20. The van der Waals surface area contributed by atoms with Crippen LogP contribution >= 0.6 is 15.9 Å². The second-order valence-corrected chi connectivity index (χ2v) is 6.54. The first-order chi connectivity index (χ1) is 13.5. The van der Waals surface area contributed by atoms with Gasteiger partial charge >= 0.3 is 0 Å². The van der Waals surface area contributed by atoms with Crippen LogP contribution in [0.3, 0.4) is 0 Å². The van der Waals surface area contributed by atoms with Crippen molar-refractivity contribution in [1.29, 1.82) is 0 Å². The standard InChI is InChI=1S/C20H24BrNO6/c1-24-15-7-6-13(18(27-4)19(15)28-5)20(23)22-9-8-12-10-16(25-2)17(26-3)11-14(12)21/h6-7,10-11H,8-9H2,1-5H3,(H,22,23). The van der Waals surface area contributed by atoms with E-state index in [0.29, 0.717) is 47.3 Å². The molecule has 0 radical (unpaired) electrons. The number of rotatable bonds is 9. The number of methoxy groups -OCH3 is 5. The van der Waals surface area contributed by atoms with Crippen LogP contribution in [0.5, 0.6) is 28.7 Å². The smallest absolute Gasteiger partial charge is 0.255 e. The molecule has 0 saturated carbocycles. The molecule has 0 fully saturated rings. The summed E-state index contributed by atoms with van der Waals surface area (Å²) in [4.78, 5) is 12.6. The van der Waals surface area contributed by atoms with Gasteiger partial charge in [0.1, 0.15) is 0 Å². The molecule has 7 nitrogen and oxygen atoms in total. The monoisotopic (exact) mass is 453 g/mol. The van der Waals surface area contributed by atoms with E-state index in [0.717, 1.165) is 10.0 Å². The summed E-state index contributed by atoms with van der Waals surface area (Å²) in [5.74, 6) is 2.19. The van der Waals surface area contributed by atoms with Crippen LogP contribution in [0, 0.1) is 0 Å². The van der Waals surface area contributed by atoms with Crippen LogP contribution in [0.4, 0.5) is 0 Å². The van der Waals surface area contributed by atoms with E-state index in [1.807, 2.05) is 12.1 Å². The van der Waals surface area contributed by atoms with Crippen LogP contribution in [0.25, 0.3) is 0 Å². The molecule has 0 aliphatic rings. The van der Waals surface area contributed by atoms with E-state index >= 15 is 0 Å². The van der Waals surface area contributed by atoms with Crippen molar-refractivity contribution < 1.29 is 28.5 Å². The Kier molecular flexibility index (Phi) is 7.80. The SMILES string of the molecule is COc1cc(Br)c(CCNC(=O)c2ccc(OC)c(OC)c2OC)cc1OC. The molecule has 0 saturated heterocycles. The molecule has 0 aromatic heterocycles. The fraction of sp³-hybridized carbons (Fsp3) is 0.350. The highest BCUT2D eigenvalue weighted by Crippen LogP contribution is 2.39. The van der Waals surface area contributed by atoms with Crippen molar-refractivity contribution >= 4 is 21.8 Å². The van der Waals surface area contributed by atoms with E-state index in [-0.39, 0.29) is 5.91 Å². The minimum absolute atomic E-state index is 0.269. The fourth-order valence-corrected chi connectivity index (χ4v) is 3.29. The Labute approximate surface area is 173 Å². The third kappa shape index (κ3) is 4.62. The first kappa shape index (κ1) is 21.7. The maximum absolute atomic E-state index is 12.6. The molecular weight excluding hydrogens is 430 g/mol. The van der Waals surface area contributed by atoms with Gasteiger partial charge in [-0.05, 0) is 36.2 Å². The summed E-state index contributed by atoms with van der Waals surface area (Å²) in [7, 11) is 7.67. The van der Waals surface area contributed by atoms with Crippen LogP contribution in [0.2, 0.25) is 0 Å². The van der Waals surface area contributed by atoms with Crippen LogP contribution in [0.15, 0.2) is 28.7 Å². The van der Waals surface area contributed by atoms with Crippen molar-refractivity contribution in [3.63, 3.8) is 0 Å². The van der Waals surface area contributed by atoms with E-state index in [4.69, 9.17) is 23.7 Å². The summed E-state index contributed by atoms with van der Waals surface area (Å²) < 4.78 is 27.4. The zero-order valence-electron chi connectivity index (χ0n) is 16.6. The molecule has 8 heteroatoms. The summed E-state index contributed by atoms with van der Waals surface area (Å²) in [5.41, 5.74) is 1.35. The number of nitrogens with one attached hydrogen (secondary N) is 1. The number of ether oxygens (including phenoxy) is 5. The molecule has 0 heterocycles. The number of halogens is 1. The third-order valence-electron chi connectivity index (χ3n) is 4.18. The first-order valence-electron chi connectivity index (χ1n) is 8.48. The Bertz CT molecular complexity index is 840. The van der Waals surface area contributed by atoms with E-state index in [2.05, 4.69) is 21.2 Å². The second-order valence-electron chi connectivity index (χ2n) is 5.69. The minimum atomic E-state index is -0.269. The number of carbonyl (C=O) groups is 1. The zero-order chi connectivity index (χ0) is 20.7. The summed E-state index contributed by atoms with van der Waals surface area (Å²) in [6, 6.07) is 7.03. The number of carbonyl (C=O) groups excluding carboxylic acids is 1. The van der Waals surface area contributed by atoms with Gasteiger partial charge in [0.2, 0.25) is 5.75 Å². The highest BCUT2D eigenvalue weighted by atomic mass is 79.9. The third-order valence-corrected chi connectivity index (χ3v) is 4.92. The predicted molar refractivity (Wildman–Crippen MR) is 109 cm³/mol. The lowest BCUT2D eigenvalue weighted by atomic mass is 10.1. The lowest BCUT2D eigenvalue weighted by molar-refractivity contribution is 0.0950. The topological polar surface area (TPSA) is 75.3 Å². The van der Waals surface area contributed by atoms with Gasteiger partial charge in [-0.2, -0.15) is 0 Å². The van der Waals surface area contributed by atoms with E-state index in [1.165, 1.54) is 21.3 Å². The molecule has 28 heavy (non-hydrogen) atoms. The summed E-state index contributed by atoms with van der Waals surface area (Å²) in [6.45, 7) is 0.421. The molecule has 0 atom stereocenters. The van der Waals surface area contributed by atoms with E-state index in [9.17, 15) is 4.79 Å². The second kappa shape index (κ2) is 10.1. The van der Waals surface area contributed by atoms with Gasteiger partial charge < -0.3 is 29.0 Å². The van der Waals surface area contributed by atoms with Gasteiger partial charge in [-0.15, -0.1) is 0 Å². The molecule has 2 rings (SSSR count). The Morgan fingerprint density at radius 2 is 1.46 bits per heavy atom. The lowest BCUT2D eigenvalue weighted by Crippen LogP contribution is -2.26. The Balaban J connectivity index is 2.13. The average Bonchev–Trinajstić information content (AvgIpc) is 2.72. The lowest BCUT2D eigenvalue weighted by Gasteiger charge is -2.16. The molecule has 0 aliphatic heterocycles. The van der Waals surface area contributed by atoms with Gasteiger partial charge in [0.25, 0.3) is 5.91 Å². The van der Waals surface area contributed by atoms with Crippen molar-refractivity contribution in [2.75, 3.05) is 42.1 Å². The predicted octanol–water partition coefficient (Wildman–Crippen LogP) is 3.46. The van der Waals surface area contributed by atoms with Crippen LogP contribution in [0.1, 0.15) is 15.9 Å². The Morgan fingerprint density at radius 1 is 0.857 bits per heavy atom. The van der Waals surface area contributed by atoms with Crippen LogP contribution in [-0.2, 0) is 6.42 Å². The Hall–Kier alpha value is -2.61. The molecule has 0 spiro atoms. The van der Waals surface area contributed by atoms with Gasteiger partial charge in [-0.3, -0.25) is 4.79 Å². The van der Waals surface area contributed by atoms with Crippen LogP contribution in [-0.4, -0.2) is 48.0 Å². The van der Waals surface area contributed by atoms with Crippen molar-refractivity contribution in [2.45, 2.75) is 6.42 Å². The molecule has 2 aromatic carbocycles. The number of amides is 1. The fourth-order valence-electron chi connectivity index (χ4n) is 2.77. The molecule has 0 unspecified atom stereocenters. The molecule has 1 N–H and O–H groups in total. The van der Waals surface area contributed by atoms with E-state index in [1.54, 1.807) is 26.4 Å². The van der Waals surface area contributed by atoms with Gasteiger partial charge in [0, 0.05) is 11.0 Å². The summed E-state index contributed by atoms with van der Waals surface area (Å²) in [5, 5.41) is 2.90.